The Morgan fingerprint density at radius 2 is 2.33 bits per heavy atom. The van der Waals surface area contributed by atoms with Gasteiger partial charge in [-0.05, 0) is 25.1 Å². The fraction of sp³-hybridized carbons (Fsp3) is 0.300. The van der Waals surface area contributed by atoms with E-state index in [9.17, 15) is 4.39 Å². The van der Waals surface area contributed by atoms with Crippen LogP contribution in [0.4, 0.5) is 4.39 Å². The van der Waals surface area contributed by atoms with Gasteiger partial charge in [-0.25, -0.2) is 10.2 Å². The van der Waals surface area contributed by atoms with Crippen LogP contribution >= 0.6 is 0 Å². The third-order valence-corrected chi connectivity index (χ3v) is 1.88. The zero-order valence-electron chi connectivity index (χ0n) is 8.75. The van der Waals surface area contributed by atoms with Crippen molar-refractivity contribution < 1.29 is 9.13 Å². The number of nitrogens with one attached hydrogen (secondary N) is 1. The summed E-state index contributed by atoms with van der Waals surface area (Å²) in [5.74, 6) is 5.50. The molecule has 0 atom stereocenters. The van der Waals surface area contributed by atoms with Gasteiger partial charge in [0.05, 0.1) is 7.11 Å². The van der Waals surface area contributed by atoms with E-state index in [0.29, 0.717) is 17.9 Å². The van der Waals surface area contributed by atoms with Crippen molar-refractivity contribution in [3.63, 3.8) is 0 Å². The van der Waals surface area contributed by atoms with Crippen molar-refractivity contribution in [2.24, 2.45) is 10.8 Å². The molecule has 0 saturated carbocycles. The number of hydrazine groups is 1. The van der Waals surface area contributed by atoms with Gasteiger partial charge >= 0.3 is 0 Å². The second-order valence-electron chi connectivity index (χ2n) is 2.82. The molecule has 0 aliphatic carbocycles. The lowest BCUT2D eigenvalue weighted by Gasteiger charge is -2.07. The fourth-order valence-electron chi connectivity index (χ4n) is 1.19. The SMILES string of the molecule is CCN=C(NN)c1ccc(OC)c(F)c1. The molecular formula is C10H14FN3O. The molecule has 0 aromatic heterocycles. The zero-order chi connectivity index (χ0) is 11.3. The van der Waals surface area contributed by atoms with E-state index in [0.717, 1.165) is 0 Å². The van der Waals surface area contributed by atoms with Crippen LogP contribution in [-0.4, -0.2) is 19.5 Å². The maximum absolute atomic E-state index is 13.3. The molecule has 1 aromatic carbocycles. The van der Waals surface area contributed by atoms with Gasteiger partial charge in [-0.1, -0.05) is 0 Å². The molecule has 5 heteroatoms. The molecule has 82 valence electrons. The van der Waals surface area contributed by atoms with E-state index in [-0.39, 0.29) is 5.75 Å². The predicted molar refractivity (Wildman–Crippen MR) is 57.4 cm³/mol. The molecule has 0 radical (unpaired) electrons. The monoisotopic (exact) mass is 211 g/mol. The van der Waals surface area contributed by atoms with Crippen LogP contribution in [0.15, 0.2) is 23.2 Å². The number of nitrogens with zero attached hydrogens (tertiary/aromatic N) is 1. The van der Waals surface area contributed by atoms with E-state index in [1.807, 2.05) is 6.92 Å². The lowest BCUT2D eigenvalue weighted by molar-refractivity contribution is 0.386. The summed E-state index contributed by atoms with van der Waals surface area (Å²) in [6.07, 6.45) is 0. The highest BCUT2D eigenvalue weighted by Crippen LogP contribution is 2.17. The number of hydrogen-bond donors (Lipinski definition) is 2. The van der Waals surface area contributed by atoms with Gasteiger partial charge in [-0.2, -0.15) is 0 Å². The van der Waals surface area contributed by atoms with Crippen molar-refractivity contribution in [1.29, 1.82) is 0 Å². The fourth-order valence-corrected chi connectivity index (χ4v) is 1.19. The first-order valence-corrected chi connectivity index (χ1v) is 4.58. The van der Waals surface area contributed by atoms with E-state index >= 15 is 0 Å². The molecule has 1 rings (SSSR count). The molecule has 0 spiro atoms. The highest BCUT2D eigenvalue weighted by Gasteiger charge is 2.06. The molecule has 0 fully saturated rings. The number of rotatable bonds is 3. The first-order valence-electron chi connectivity index (χ1n) is 4.58. The summed E-state index contributed by atoms with van der Waals surface area (Å²) in [5, 5.41) is 0. The molecular weight excluding hydrogens is 197 g/mol. The molecule has 4 nitrogen and oxygen atoms in total. The van der Waals surface area contributed by atoms with E-state index in [1.54, 1.807) is 6.07 Å². The maximum Gasteiger partial charge on any atom is 0.165 e. The summed E-state index contributed by atoms with van der Waals surface area (Å²) in [7, 11) is 1.42. The summed E-state index contributed by atoms with van der Waals surface area (Å²) in [6.45, 7) is 2.45. The molecule has 0 heterocycles. The molecule has 0 aliphatic heterocycles. The molecule has 3 N–H and O–H groups in total. The van der Waals surface area contributed by atoms with E-state index < -0.39 is 5.82 Å². The normalized spacial score (nSPS) is 11.3. The Labute approximate surface area is 87.9 Å². The quantitative estimate of drug-likeness (QED) is 0.340. The average molecular weight is 211 g/mol. The van der Waals surface area contributed by atoms with Crippen molar-refractivity contribution in [2.45, 2.75) is 6.92 Å². The van der Waals surface area contributed by atoms with Crippen LogP contribution in [0.1, 0.15) is 12.5 Å². The Hall–Kier alpha value is -1.62. The third kappa shape index (κ3) is 2.66. The molecule has 0 unspecified atom stereocenters. The summed E-state index contributed by atoms with van der Waals surface area (Å²) < 4.78 is 18.1. The van der Waals surface area contributed by atoms with Crippen LogP contribution in [0.3, 0.4) is 0 Å². The van der Waals surface area contributed by atoms with Crippen LogP contribution in [0.25, 0.3) is 0 Å². The Bertz CT molecular complexity index is 366. The average Bonchev–Trinajstić information content (AvgIpc) is 2.25. The highest BCUT2D eigenvalue weighted by atomic mass is 19.1. The smallest absolute Gasteiger partial charge is 0.165 e. The standard InChI is InChI=1S/C10H14FN3O/c1-3-13-10(14-12)7-4-5-9(15-2)8(11)6-7/h4-6H,3,12H2,1-2H3,(H,13,14). The molecule has 0 amide bonds. The second kappa shape index (κ2) is 5.31. The number of methoxy groups -OCH3 is 1. The number of halogens is 1. The number of hydrogen-bond acceptors (Lipinski definition) is 3. The summed E-state index contributed by atoms with van der Waals surface area (Å²) in [6, 6.07) is 4.55. The van der Waals surface area contributed by atoms with E-state index in [2.05, 4.69) is 10.4 Å². The summed E-state index contributed by atoms with van der Waals surface area (Å²) in [4.78, 5) is 4.08. The topological polar surface area (TPSA) is 59.6 Å². The molecule has 0 bridgehead atoms. The van der Waals surface area contributed by atoms with Crippen molar-refractivity contribution in [2.75, 3.05) is 13.7 Å². The van der Waals surface area contributed by atoms with Crippen molar-refractivity contribution in [1.82, 2.24) is 5.43 Å². The maximum atomic E-state index is 13.3. The van der Waals surface area contributed by atoms with Gasteiger partial charge in [0.1, 0.15) is 5.84 Å². The molecule has 0 aliphatic rings. The van der Waals surface area contributed by atoms with Gasteiger partial charge in [-0.3, -0.25) is 4.99 Å². The number of amidine groups is 1. The number of nitrogens with two attached hydrogens (primary N) is 1. The Kier molecular flexibility index (Phi) is 4.05. The van der Waals surface area contributed by atoms with Gasteiger partial charge in [0.25, 0.3) is 0 Å². The van der Waals surface area contributed by atoms with Crippen molar-refractivity contribution in [3.8, 4) is 5.75 Å². The molecule has 1 aromatic rings. The van der Waals surface area contributed by atoms with Crippen LogP contribution in [0.5, 0.6) is 5.75 Å². The lowest BCUT2D eigenvalue weighted by Crippen LogP contribution is -2.31. The van der Waals surface area contributed by atoms with E-state index in [4.69, 9.17) is 10.6 Å². The van der Waals surface area contributed by atoms with Gasteiger partial charge in [0.2, 0.25) is 0 Å². The molecule has 0 saturated heterocycles. The highest BCUT2D eigenvalue weighted by molar-refractivity contribution is 5.98. The Morgan fingerprint density at radius 3 is 2.80 bits per heavy atom. The first-order chi connectivity index (χ1) is 7.22. The minimum Gasteiger partial charge on any atom is -0.494 e. The largest absolute Gasteiger partial charge is 0.494 e. The van der Waals surface area contributed by atoms with Crippen molar-refractivity contribution >= 4 is 5.84 Å². The minimum atomic E-state index is -0.436. The van der Waals surface area contributed by atoms with Gasteiger partial charge in [0, 0.05) is 12.1 Å². The van der Waals surface area contributed by atoms with E-state index in [1.165, 1.54) is 19.2 Å². The van der Waals surface area contributed by atoms with Crippen LogP contribution in [0.2, 0.25) is 0 Å². The van der Waals surface area contributed by atoms with Crippen LogP contribution < -0.4 is 16.0 Å². The number of benzene rings is 1. The van der Waals surface area contributed by atoms with Crippen LogP contribution in [-0.2, 0) is 0 Å². The van der Waals surface area contributed by atoms with Gasteiger partial charge in [0.15, 0.2) is 11.6 Å². The minimum absolute atomic E-state index is 0.201. The Morgan fingerprint density at radius 1 is 1.60 bits per heavy atom. The lowest BCUT2D eigenvalue weighted by atomic mass is 10.2. The first kappa shape index (κ1) is 11.5. The number of ether oxygens (including phenoxy) is 1. The second-order valence-corrected chi connectivity index (χ2v) is 2.82. The van der Waals surface area contributed by atoms with Gasteiger partial charge in [-0.15, -0.1) is 0 Å². The molecule has 15 heavy (non-hydrogen) atoms. The zero-order valence-corrected chi connectivity index (χ0v) is 8.75. The van der Waals surface area contributed by atoms with Crippen molar-refractivity contribution in [3.05, 3.63) is 29.6 Å². The predicted octanol–water partition coefficient (Wildman–Crippen LogP) is 1.06. The Balaban J connectivity index is 3.05. The number of aliphatic imine (C=N–C) groups is 1. The summed E-state index contributed by atoms with van der Waals surface area (Å²) in [5.41, 5.74) is 3.02. The summed E-state index contributed by atoms with van der Waals surface area (Å²) >= 11 is 0. The van der Waals surface area contributed by atoms with Crippen LogP contribution in [0, 0.1) is 5.82 Å². The third-order valence-electron chi connectivity index (χ3n) is 1.88. The van der Waals surface area contributed by atoms with Gasteiger partial charge < -0.3 is 10.2 Å².